The van der Waals surface area contributed by atoms with Crippen LogP contribution in [0.2, 0.25) is 0 Å². The third-order valence-electron chi connectivity index (χ3n) is 4.35. The second-order valence-electron chi connectivity index (χ2n) is 6.46. The molecule has 1 aliphatic heterocycles. The van der Waals surface area contributed by atoms with Gasteiger partial charge >= 0.3 is 0 Å². The van der Waals surface area contributed by atoms with Crippen LogP contribution in [-0.2, 0) is 0 Å². The number of piperidine rings is 1. The molecule has 0 aromatic heterocycles. The fourth-order valence-corrected chi connectivity index (χ4v) is 2.93. The summed E-state index contributed by atoms with van der Waals surface area (Å²) >= 11 is 0. The predicted molar refractivity (Wildman–Crippen MR) is 87.7 cm³/mol. The van der Waals surface area contributed by atoms with Gasteiger partial charge in [-0.2, -0.15) is 0 Å². The average Bonchev–Trinajstić information content (AvgIpc) is 3.31. The number of nitrogens with zero attached hydrogens (tertiary/aromatic N) is 1. The molecule has 23 heavy (non-hydrogen) atoms. The monoisotopic (exact) mass is 318 g/mol. The van der Waals surface area contributed by atoms with Crippen LogP contribution in [0.25, 0.3) is 0 Å². The van der Waals surface area contributed by atoms with Gasteiger partial charge in [-0.05, 0) is 51.3 Å². The topological polar surface area (TPSA) is 96.3 Å². The van der Waals surface area contributed by atoms with E-state index in [9.17, 15) is 14.9 Å². The predicted octanol–water partition coefficient (Wildman–Crippen LogP) is 2.04. The lowest BCUT2D eigenvalue weighted by Gasteiger charge is -2.28. The minimum Gasteiger partial charge on any atom is -0.377 e. The van der Waals surface area contributed by atoms with Crippen LogP contribution in [0.1, 0.15) is 43.0 Å². The van der Waals surface area contributed by atoms with Crippen LogP contribution >= 0.6 is 0 Å². The van der Waals surface area contributed by atoms with E-state index >= 15 is 0 Å². The van der Waals surface area contributed by atoms with E-state index in [1.165, 1.54) is 6.07 Å². The maximum atomic E-state index is 12.4. The van der Waals surface area contributed by atoms with Crippen LogP contribution < -0.4 is 16.0 Å². The Balaban J connectivity index is 1.72. The molecule has 124 valence electrons. The second-order valence-corrected chi connectivity index (χ2v) is 6.46. The summed E-state index contributed by atoms with van der Waals surface area (Å²) in [5.74, 6) is -0.245. The zero-order chi connectivity index (χ0) is 16.4. The van der Waals surface area contributed by atoms with Crippen molar-refractivity contribution in [2.45, 2.75) is 50.7 Å². The lowest BCUT2D eigenvalue weighted by molar-refractivity contribution is -0.384. The number of hydrogen-bond acceptors (Lipinski definition) is 5. The molecule has 0 radical (unpaired) electrons. The molecule has 1 aliphatic carbocycles. The van der Waals surface area contributed by atoms with E-state index in [4.69, 9.17) is 0 Å². The first kappa shape index (κ1) is 15.7. The number of hydrogen-bond donors (Lipinski definition) is 3. The highest BCUT2D eigenvalue weighted by Crippen LogP contribution is 2.31. The Kier molecular flexibility index (Phi) is 4.47. The van der Waals surface area contributed by atoms with E-state index in [0.717, 1.165) is 32.2 Å². The Labute approximate surface area is 135 Å². The van der Waals surface area contributed by atoms with Gasteiger partial charge in [-0.3, -0.25) is 14.9 Å². The zero-order valence-corrected chi connectivity index (χ0v) is 13.2. The molecule has 1 heterocycles. The van der Waals surface area contributed by atoms with Gasteiger partial charge in [0.2, 0.25) is 0 Å². The van der Waals surface area contributed by atoms with Crippen molar-refractivity contribution in [1.82, 2.24) is 10.6 Å². The molecule has 2 fully saturated rings. The quantitative estimate of drug-likeness (QED) is 0.570. The van der Waals surface area contributed by atoms with Gasteiger partial charge in [0.05, 0.1) is 4.92 Å². The number of nitrogens with one attached hydrogen (secondary N) is 3. The highest BCUT2D eigenvalue weighted by molar-refractivity contribution is 5.96. The number of nitro groups is 1. The Morgan fingerprint density at radius 2 is 2.09 bits per heavy atom. The van der Waals surface area contributed by atoms with Crippen molar-refractivity contribution < 1.29 is 9.72 Å². The molecule has 3 rings (SSSR count). The molecule has 1 saturated carbocycles. The number of carbonyl (C=O) groups excluding carboxylic acids is 1. The van der Waals surface area contributed by atoms with Crippen molar-refractivity contribution in [2.75, 3.05) is 11.9 Å². The molecule has 2 unspecified atom stereocenters. The first-order valence-electron chi connectivity index (χ1n) is 8.12. The van der Waals surface area contributed by atoms with E-state index in [0.29, 0.717) is 23.3 Å². The molecule has 0 spiro atoms. The van der Waals surface area contributed by atoms with Crippen LogP contribution in [0, 0.1) is 10.1 Å². The lowest BCUT2D eigenvalue weighted by atomic mass is 10.00. The maximum Gasteiger partial charge on any atom is 0.293 e. The standard InChI is InChI=1S/C16H22N4O3/c1-10-8-13(6-7-17-10)19-16(21)11-2-5-14(18-12-3-4-12)15(9-11)20(22)23/h2,5,9-10,12-13,17-18H,3-4,6-8H2,1H3,(H,19,21). The van der Waals surface area contributed by atoms with Crippen molar-refractivity contribution >= 4 is 17.3 Å². The summed E-state index contributed by atoms with van der Waals surface area (Å²) in [6.45, 7) is 2.96. The number of anilines is 1. The fourth-order valence-electron chi connectivity index (χ4n) is 2.93. The van der Waals surface area contributed by atoms with Gasteiger partial charge in [-0.25, -0.2) is 0 Å². The van der Waals surface area contributed by atoms with Crippen LogP contribution in [0.5, 0.6) is 0 Å². The Morgan fingerprint density at radius 3 is 2.74 bits per heavy atom. The lowest BCUT2D eigenvalue weighted by Crippen LogP contribution is -2.46. The number of carbonyl (C=O) groups is 1. The Bertz CT molecular complexity index is 615. The molecule has 7 heteroatoms. The van der Waals surface area contributed by atoms with Crippen molar-refractivity contribution in [3.8, 4) is 0 Å². The third kappa shape index (κ3) is 3.98. The van der Waals surface area contributed by atoms with Gasteiger partial charge in [-0.15, -0.1) is 0 Å². The summed E-state index contributed by atoms with van der Waals surface area (Å²) in [5.41, 5.74) is 0.789. The first-order valence-corrected chi connectivity index (χ1v) is 8.12. The molecule has 3 N–H and O–H groups in total. The molecule has 1 aromatic rings. The van der Waals surface area contributed by atoms with E-state index in [2.05, 4.69) is 22.9 Å². The smallest absolute Gasteiger partial charge is 0.293 e. The van der Waals surface area contributed by atoms with Gasteiger partial charge in [0.25, 0.3) is 11.6 Å². The fraction of sp³-hybridized carbons (Fsp3) is 0.562. The van der Waals surface area contributed by atoms with Crippen molar-refractivity contribution in [1.29, 1.82) is 0 Å². The van der Waals surface area contributed by atoms with Crippen molar-refractivity contribution in [3.63, 3.8) is 0 Å². The van der Waals surface area contributed by atoms with Gasteiger partial charge in [0.15, 0.2) is 0 Å². The molecule has 2 aliphatic rings. The largest absolute Gasteiger partial charge is 0.377 e. The third-order valence-corrected chi connectivity index (χ3v) is 4.35. The van der Waals surface area contributed by atoms with Gasteiger partial charge in [0, 0.05) is 29.8 Å². The van der Waals surface area contributed by atoms with Crippen molar-refractivity contribution in [2.24, 2.45) is 0 Å². The summed E-state index contributed by atoms with van der Waals surface area (Å²) in [4.78, 5) is 23.2. The summed E-state index contributed by atoms with van der Waals surface area (Å²) < 4.78 is 0. The van der Waals surface area contributed by atoms with Crippen LogP contribution in [0.15, 0.2) is 18.2 Å². The summed E-state index contributed by atoms with van der Waals surface area (Å²) in [6, 6.07) is 5.46. The summed E-state index contributed by atoms with van der Waals surface area (Å²) in [7, 11) is 0. The second kappa shape index (κ2) is 6.54. The van der Waals surface area contributed by atoms with E-state index < -0.39 is 4.92 Å². The van der Waals surface area contributed by atoms with Gasteiger partial charge < -0.3 is 16.0 Å². The molecular weight excluding hydrogens is 296 g/mol. The summed E-state index contributed by atoms with van der Waals surface area (Å²) in [5, 5.41) is 20.7. The number of nitro benzene ring substituents is 1. The number of benzene rings is 1. The Morgan fingerprint density at radius 1 is 1.30 bits per heavy atom. The molecule has 1 amide bonds. The SMILES string of the molecule is CC1CC(NC(=O)c2ccc(NC3CC3)c([N+](=O)[O-])c2)CCN1. The maximum absolute atomic E-state index is 12.4. The highest BCUT2D eigenvalue weighted by Gasteiger charge is 2.26. The summed E-state index contributed by atoms with van der Waals surface area (Å²) in [6.07, 6.45) is 3.81. The Hall–Kier alpha value is -2.15. The molecular formula is C16H22N4O3. The molecule has 2 atom stereocenters. The molecule has 0 bridgehead atoms. The van der Waals surface area contributed by atoms with E-state index in [-0.39, 0.29) is 17.6 Å². The minimum absolute atomic E-state index is 0.0387. The van der Waals surface area contributed by atoms with Crippen LogP contribution in [0.3, 0.4) is 0 Å². The van der Waals surface area contributed by atoms with E-state index in [1.54, 1.807) is 12.1 Å². The molecule has 1 saturated heterocycles. The van der Waals surface area contributed by atoms with Crippen LogP contribution in [0.4, 0.5) is 11.4 Å². The highest BCUT2D eigenvalue weighted by atomic mass is 16.6. The number of amides is 1. The van der Waals surface area contributed by atoms with Gasteiger partial charge in [-0.1, -0.05) is 0 Å². The normalized spacial score (nSPS) is 24.0. The molecule has 1 aromatic carbocycles. The van der Waals surface area contributed by atoms with E-state index in [1.807, 2.05) is 0 Å². The zero-order valence-electron chi connectivity index (χ0n) is 13.2. The molecule has 7 nitrogen and oxygen atoms in total. The van der Waals surface area contributed by atoms with Crippen LogP contribution in [-0.4, -0.2) is 35.5 Å². The first-order chi connectivity index (χ1) is 11.0. The minimum atomic E-state index is -0.436. The number of rotatable bonds is 5. The average molecular weight is 318 g/mol. The van der Waals surface area contributed by atoms with Gasteiger partial charge in [0.1, 0.15) is 5.69 Å². The van der Waals surface area contributed by atoms with Crippen molar-refractivity contribution in [3.05, 3.63) is 33.9 Å².